The van der Waals surface area contributed by atoms with E-state index in [0.717, 1.165) is 12.8 Å². The quantitative estimate of drug-likeness (QED) is 0.181. The summed E-state index contributed by atoms with van der Waals surface area (Å²) in [4.78, 5) is 23.5. The molecule has 0 radical (unpaired) electrons. The number of hydrogen-bond donors (Lipinski definition) is 2. The van der Waals surface area contributed by atoms with Crippen LogP contribution in [0.2, 0.25) is 0 Å². The molecule has 4 nitrogen and oxygen atoms in total. The third kappa shape index (κ3) is 11.1. The average Bonchev–Trinajstić information content (AvgIpc) is 2.66. The molecule has 0 bridgehead atoms. The number of carbonyl (C=O) groups is 2. The van der Waals surface area contributed by atoms with Gasteiger partial charge >= 0.3 is 0 Å². The van der Waals surface area contributed by atoms with E-state index in [2.05, 4.69) is 12.2 Å². The Morgan fingerprint density at radius 2 is 1.32 bits per heavy atom. The molecule has 0 unspecified atom stereocenters. The van der Waals surface area contributed by atoms with E-state index in [1.807, 2.05) is 0 Å². The van der Waals surface area contributed by atoms with Gasteiger partial charge < -0.3 is 10.4 Å². The highest BCUT2D eigenvalue weighted by atomic mass is 16.3. The van der Waals surface area contributed by atoms with Gasteiger partial charge in [-0.05, 0) is 31.5 Å². The molecular weight excluding hydrogens is 350 g/mol. The molecular formula is C24H39NO3. The van der Waals surface area contributed by atoms with E-state index in [9.17, 15) is 14.7 Å². The summed E-state index contributed by atoms with van der Waals surface area (Å²) in [5, 5.41) is 12.4. The summed E-state index contributed by atoms with van der Waals surface area (Å²) in [6.45, 7) is 3.65. The Labute approximate surface area is 171 Å². The molecule has 0 aromatic heterocycles. The van der Waals surface area contributed by atoms with Crippen molar-refractivity contribution in [3.63, 3.8) is 0 Å². The first-order chi connectivity index (χ1) is 13.5. The molecule has 1 rings (SSSR count). The number of hydrogen-bond acceptors (Lipinski definition) is 3. The van der Waals surface area contributed by atoms with Gasteiger partial charge in [0, 0.05) is 12.1 Å². The van der Waals surface area contributed by atoms with E-state index in [4.69, 9.17) is 0 Å². The van der Waals surface area contributed by atoms with E-state index in [-0.39, 0.29) is 23.0 Å². The lowest BCUT2D eigenvalue weighted by atomic mass is 10.0. The van der Waals surface area contributed by atoms with Crippen LogP contribution in [0.1, 0.15) is 114 Å². The van der Waals surface area contributed by atoms with Gasteiger partial charge in [0.05, 0.1) is 5.56 Å². The number of nitrogens with one attached hydrogen (secondary N) is 1. The number of rotatable bonds is 16. The number of anilines is 1. The fourth-order valence-electron chi connectivity index (χ4n) is 3.42. The Balaban J connectivity index is 2.01. The normalized spacial score (nSPS) is 10.8. The van der Waals surface area contributed by atoms with E-state index in [1.54, 1.807) is 6.07 Å². The molecule has 0 aliphatic heterocycles. The van der Waals surface area contributed by atoms with Gasteiger partial charge in [-0.1, -0.05) is 84.0 Å². The zero-order chi connectivity index (χ0) is 20.6. The van der Waals surface area contributed by atoms with Crippen molar-refractivity contribution in [2.24, 2.45) is 0 Å². The van der Waals surface area contributed by atoms with E-state index in [0.29, 0.717) is 12.1 Å². The summed E-state index contributed by atoms with van der Waals surface area (Å²) in [6, 6.07) is 4.58. The molecule has 1 amide bonds. The summed E-state index contributed by atoms with van der Waals surface area (Å²) >= 11 is 0. The van der Waals surface area contributed by atoms with Crippen molar-refractivity contribution in [2.75, 3.05) is 5.32 Å². The first kappa shape index (κ1) is 24.2. The number of phenols is 1. The topological polar surface area (TPSA) is 66.4 Å². The van der Waals surface area contributed by atoms with Crippen molar-refractivity contribution in [1.82, 2.24) is 0 Å². The fourth-order valence-corrected chi connectivity index (χ4v) is 3.42. The zero-order valence-electron chi connectivity index (χ0n) is 17.9. The second kappa shape index (κ2) is 15.1. The molecule has 4 heteroatoms. The molecule has 0 saturated carbocycles. The molecule has 0 saturated heterocycles. The van der Waals surface area contributed by atoms with E-state index >= 15 is 0 Å². The Morgan fingerprint density at radius 1 is 0.821 bits per heavy atom. The molecule has 0 atom stereocenters. The standard InChI is InChI=1S/C24H39NO3/c1-3-4-5-6-7-8-9-10-11-12-13-14-15-16-24(28)25-21-17-18-23(27)22(19-21)20(2)26/h17-19,27H,3-16H2,1-2H3,(H,25,28). The zero-order valence-corrected chi connectivity index (χ0v) is 17.9. The number of carbonyl (C=O) groups excluding carboxylic acids is 2. The summed E-state index contributed by atoms with van der Waals surface area (Å²) < 4.78 is 0. The van der Waals surface area contributed by atoms with Crippen LogP contribution < -0.4 is 5.32 Å². The van der Waals surface area contributed by atoms with Crippen LogP contribution in [0.3, 0.4) is 0 Å². The molecule has 2 N–H and O–H groups in total. The highest BCUT2D eigenvalue weighted by Crippen LogP contribution is 2.22. The van der Waals surface area contributed by atoms with Gasteiger partial charge in [-0.25, -0.2) is 0 Å². The monoisotopic (exact) mass is 389 g/mol. The predicted molar refractivity (Wildman–Crippen MR) is 117 cm³/mol. The molecule has 1 aromatic carbocycles. The largest absolute Gasteiger partial charge is 0.507 e. The predicted octanol–water partition coefficient (Wildman–Crippen LogP) is 7.01. The Hall–Kier alpha value is -1.84. The number of benzene rings is 1. The average molecular weight is 390 g/mol. The van der Waals surface area contributed by atoms with Crippen LogP contribution in [-0.4, -0.2) is 16.8 Å². The van der Waals surface area contributed by atoms with Crippen LogP contribution in [0.4, 0.5) is 5.69 Å². The maximum absolute atomic E-state index is 12.0. The molecule has 0 fully saturated rings. The fraction of sp³-hybridized carbons (Fsp3) is 0.667. The van der Waals surface area contributed by atoms with Crippen molar-refractivity contribution < 1.29 is 14.7 Å². The van der Waals surface area contributed by atoms with Gasteiger partial charge in [0.15, 0.2) is 5.78 Å². The maximum Gasteiger partial charge on any atom is 0.224 e. The lowest BCUT2D eigenvalue weighted by Gasteiger charge is -2.08. The van der Waals surface area contributed by atoms with Crippen LogP contribution in [-0.2, 0) is 4.79 Å². The summed E-state index contributed by atoms with van der Waals surface area (Å²) in [5.74, 6) is -0.310. The second-order valence-corrected chi connectivity index (χ2v) is 7.83. The van der Waals surface area contributed by atoms with Gasteiger partial charge in [-0.3, -0.25) is 9.59 Å². The van der Waals surface area contributed by atoms with Crippen LogP contribution in [0, 0.1) is 0 Å². The lowest BCUT2D eigenvalue weighted by Crippen LogP contribution is -2.11. The molecule has 0 heterocycles. The van der Waals surface area contributed by atoms with Crippen LogP contribution >= 0.6 is 0 Å². The van der Waals surface area contributed by atoms with Gasteiger partial charge in [0.2, 0.25) is 5.91 Å². The molecule has 0 aliphatic rings. The van der Waals surface area contributed by atoms with Gasteiger partial charge in [-0.2, -0.15) is 0 Å². The minimum absolute atomic E-state index is 0.0386. The van der Waals surface area contributed by atoms with Gasteiger partial charge in [0.1, 0.15) is 5.75 Å². The number of ketones is 1. The molecule has 158 valence electrons. The highest BCUT2D eigenvalue weighted by molar-refractivity contribution is 5.99. The van der Waals surface area contributed by atoms with E-state index in [1.165, 1.54) is 89.7 Å². The van der Waals surface area contributed by atoms with Crippen molar-refractivity contribution in [3.8, 4) is 5.75 Å². The lowest BCUT2D eigenvalue weighted by molar-refractivity contribution is -0.116. The molecule has 0 aliphatic carbocycles. The number of amides is 1. The third-order valence-electron chi connectivity index (χ3n) is 5.17. The van der Waals surface area contributed by atoms with Gasteiger partial charge in [-0.15, -0.1) is 0 Å². The summed E-state index contributed by atoms with van der Waals surface area (Å²) in [6.07, 6.45) is 17.2. The number of phenolic OH excluding ortho intramolecular Hbond substituents is 1. The minimum atomic E-state index is -0.218. The van der Waals surface area contributed by atoms with Crippen molar-refractivity contribution >= 4 is 17.4 Å². The number of aromatic hydroxyl groups is 1. The van der Waals surface area contributed by atoms with Crippen molar-refractivity contribution in [2.45, 2.75) is 104 Å². The molecule has 28 heavy (non-hydrogen) atoms. The SMILES string of the molecule is CCCCCCCCCCCCCCCC(=O)Nc1ccc(O)c(C(C)=O)c1. The Morgan fingerprint density at radius 3 is 1.82 bits per heavy atom. The minimum Gasteiger partial charge on any atom is -0.507 e. The number of unbranched alkanes of at least 4 members (excludes halogenated alkanes) is 12. The first-order valence-corrected chi connectivity index (χ1v) is 11.2. The smallest absolute Gasteiger partial charge is 0.224 e. The molecule has 0 spiro atoms. The van der Waals surface area contributed by atoms with E-state index < -0.39 is 0 Å². The van der Waals surface area contributed by atoms with Crippen LogP contribution in [0.15, 0.2) is 18.2 Å². The Bertz CT molecular complexity index is 583. The molecule has 1 aromatic rings. The maximum atomic E-state index is 12.0. The van der Waals surface area contributed by atoms with Crippen LogP contribution in [0.25, 0.3) is 0 Å². The second-order valence-electron chi connectivity index (χ2n) is 7.83. The first-order valence-electron chi connectivity index (χ1n) is 11.2. The van der Waals surface area contributed by atoms with Crippen LogP contribution in [0.5, 0.6) is 5.75 Å². The number of Topliss-reactive ketones (excluding diaryl/α,β-unsaturated/α-hetero) is 1. The van der Waals surface area contributed by atoms with Gasteiger partial charge in [0.25, 0.3) is 0 Å². The summed E-state index contributed by atoms with van der Waals surface area (Å²) in [7, 11) is 0. The van der Waals surface area contributed by atoms with Crippen molar-refractivity contribution in [1.29, 1.82) is 0 Å². The highest BCUT2D eigenvalue weighted by Gasteiger charge is 2.09. The third-order valence-corrected chi connectivity index (χ3v) is 5.17. The summed E-state index contributed by atoms with van der Waals surface area (Å²) in [5.41, 5.74) is 0.793. The Kier molecular flexibility index (Phi) is 13.1. The van der Waals surface area contributed by atoms with Crippen molar-refractivity contribution in [3.05, 3.63) is 23.8 Å².